The highest BCUT2D eigenvalue weighted by Gasteiger charge is 2.31. The summed E-state index contributed by atoms with van der Waals surface area (Å²) in [6.45, 7) is 2.54. The lowest BCUT2D eigenvalue weighted by Gasteiger charge is -2.25. The van der Waals surface area contributed by atoms with Crippen LogP contribution in [0.15, 0.2) is 0 Å². The number of rotatable bonds is 14. The number of aliphatic hydroxyl groups excluding tert-OH is 1. The summed E-state index contributed by atoms with van der Waals surface area (Å²) in [5.41, 5.74) is 5.49. The van der Waals surface area contributed by atoms with Crippen molar-refractivity contribution < 1.29 is 39.3 Å². The van der Waals surface area contributed by atoms with E-state index in [9.17, 15) is 34.2 Å². The van der Waals surface area contributed by atoms with E-state index in [2.05, 4.69) is 28.6 Å². The van der Waals surface area contributed by atoms with Crippen LogP contribution in [-0.4, -0.2) is 81.5 Å². The van der Waals surface area contributed by atoms with Crippen molar-refractivity contribution in [1.82, 2.24) is 16.0 Å². The molecule has 5 unspecified atom stereocenters. The second-order valence-corrected chi connectivity index (χ2v) is 7.10. The first-order chi connectivity index (χ1) is 14.0. The zero-order valence-electron chi connectivity index (χ0n) is 16.8. The number of nitrogens with two attached hydrogens (primary N) is 1. The van der Waals surface area contributed by atoms with Gasteiger partial charge in [0.25, 0.3) is 0 Å². The average Bonchev–Trinajstić information content (AvgIpc) is 2.70. The molecule has 0 saturated heterocycles. The molecule has 0 heterocycles. The van der Waals surface area contributed by atoms with Gasteiger partial charge in [-0.3, -0.25) is 19.2 Å². The second kappa shape index (κ2) is 13.8. The fraction of sp³-hybridized carbons (Fsp3) is 0.706. The number of aliphatic carboxylic acids is 2. The highest BCUT2D eigenvalue weighted by Crippen LogP contribution is 2.09. The number of aliphatic hydroxyl groups is 1. The first-order valence-electron chi connectivity index (χ1n) is 9.31. The molecule has 0 aromatic carbocycles. The van der Waals surface area contributed by atoms with Gasteiger partial charge in [0.1, 0.15) is 18.1 Å². The molecule has 0 bridgehead atoms. The molecule has 3 amide bonds. The Morgan fingerprint density at radius 2 is 1.50 bits per heavy atom. The molecular weight excluding hydrogens is 420 g/mol. The third kappa shape index (κ3) is 9.41. The monoisotopic (exact) mass is 450 g/mol. The van der Waals surface area contributed by atoms with Crippen LogP contribution >= 0.6 is 12.6 Å². The number of carboxylic acids is 2. The summed E-state index contributed by atoms with van der Waals surface area (Å²) < 4.78 is 0. The van der Waals surface area contributed by atoms with Crippen molar-refractivity contribution in [3.05, 3.63) is 0 Å². The Morgan fingerprint density at radius 3 is 1.93 bits per heavy atom. The fourth-order valence-electron chi connectivity index (χ4n) is 2.30. The van der Waals surface area contributed by atoms with Crippen LogP contribution in [0.2, 0.25) is 0 Å². The maximum Gasteiger partial charge on any atom is 0.326 e. The Balaban J connectivity index is 5.37. The van der Waals surface area contributed by atoms with Gasteiger partial charge in [-0.25, -0.2) is 4.79 Å². The quantitative estimate of drug-likeness (QED) is 0.133. The normalized spacial score (nSPS) is 15.8. The molecule has 0 fully saturated rings. The van der Waals surface area contributed by atoms with Gasteiger partial charge in [0.15, 0.2) is 0 Å². The largest absolute Gasteiger partial charge is 0.481 e. The predicted molar refractivity (Wildman–Crippen MR) is 109 cm³/mol. The summed E-state index contributed by atoms with van der Waals surface area (Å²) in [5.74, 6) is -5.55. The van der Waals surface area contributed by atoms with Crippen LogP contribution in [0.4, 0.5) is 0 Å². The predicted octanol–water partition coefficient (Wildman–Crippen LogP) is -2.31. The number of carbonyl (C=O) groups excluding carboxylic acids is 3. The minimum atomic E-state index is -1.45. The van der Waals surface area contributed by atoms with Gasteiger partial charge in [-0.15, -0.1) is 0 Å². The van der Waals surface area contributed by atoms with Gasteiger partial charge in [-0.05, 0) is 12.3 Å². The molecule has 0 aliphatic heterocycles. The van der Waals surface area contributed by atoms with Gasteiger partial charge in [0.05, 0.1) is 12.6 Å². The molecule has 172 valence electrons. The van der Waals surface area contributed by atoms with Crippen LogP contribution in [0.1, 0.15) is 33.1 Å². The highest BCUT2D eigenvalue weighted by atomic mass is 32.1. The van der Waals surface area contributed by atoms with Crippen molar-refractivity contribution in [2.24, 2.45) is 11.7 Å². The summed E-state index contributed by atoms with van der Waals surface area (Å²) in [5, 5.41) is 34.3. The van der Waals surface area contributed by atoms with Gasteiger partial charge in [0, 0.05) is 12.2 Å². The van der Waals surface area contributed by atoms with E-state index >= 15 is 0 Å². The van der Waals surface area contributed by atoms with Crippen molar-refractivity contribution >= 4 is 42.3 Å². The van der Waals surface area contributed by atoms with Gasteiger partial charge >= 0.3 is 11.9 Å². The average molecular weight is 451 g/mol. The third-order valence-electron chi connectivity index (χ3n) is 4.41. The van der Waals surface area contributed by atoms with Gasteiger partial charge < -0.3 is 37.0 Å². The molecule has 0 rings (SSSR count). The van der Waals surface area contributed by atoms with E-state index in [1.165, 1.54) is 0 Å². The summed E-state index contributed by atoms with van der Waals surface area (Å²) in [6, 6.07) is -5.13. The number of hydrogen-bond donors (Lipinski definition) is 8. The minimum absolute atomic E-state index is 0.0125. The van der Waals surface area contributed by atoms with Crippen LogP contribution in [0, 0.1) is 5.92 Å². The molecule has 0 aromatic heterocycles. The number of carbonyl (C=O) groups is 5. The molecule has 13 heteroatoms. The number of nitrogens with one attached hydrogen (secondary N) is 3. The summed E-state index contributed by atoms with van der Waals surface area (Å²) in [4.78, 5) is 59.1. The van der Waals surface area contributed by atoms with E-state index in [0.717, 1.165) is 0 Å². The van der Waals surface area contributed by atoms with Crippen LogP contribution in [0.25, 0.3) is 0 Å². The lowest BCUT2D eigenvalue weighted by atomic mass is 9.98. The Kier molecular flexibility index (Phi) is 12.7. The molecule has 0 aromatic rings. The number of hydrogen-bond acceptors (Lipinski definition) is 8. The summed E-state index contributed by atoms with van der Waals surface area (Å²) >= 11 is 3.85. The maximum atomic E-state index is 12.6. The van der Waals surface area contributed by atoms with Crippen LogP contribution in [0.3, 0.4) is 0 Å². The van der Waals surface area contributed by atoms with Crippen molar-refractivity contribution in [3.63, 3.8) is 0 Å². The fourth-order valence-corrected chi connectivity index (χ4v) is 2.47. The lowest BCUT2D eigenvalue weighted by molar-refractivity contribution is -0.144. The summed E-state index contributed by atoms with van der Waals surface area (Å²) in [6.07, 6.45) is -0.366. The number of thiol groups is 1. The first kappa shape index (κ1) is 27.6. The van der Waals surface area contributed by atoms with Crippen molar-refractivity contribution in [2.75, 3.05) is 12.4 Å². The van der Waals surface area contributed by atoms with E-state index < -0.39 is 72.8 Å². The molecule has 0 saturated carbocycles. The van der Waals surface area contributed by atoms with E-state index in [4.69, 9.17) is 10.8 Å². The van der Waals surface area contributed by atoms with Crippen molar-refractivity contribution in [3.8, 4) is 0 Å². The van der Waals surface area contributed by atoms with Gasteiger partial charge in [-0.2, -0.15) is 12.6 Å². The number of amides is 3. The molecule has 0 aliphatic carbocycles. The molecule has 0 radical (unpaired) electrons. The summed E-state index contributed by atoms with van der Waals surface area (Å²) in [7, 11) is 0. The minimum Gasteiger partial charge on any atom is -0.481 e. The van der Waals surface area contributed by atoms with E-state index in [0.29, 0.717) is 6.42 Å². The smallest absolute Gasteiger partial charge is 0.326 e. The topological polar surface area (TPSA) is 208 Å². The Morgan fingerprint density at radius 1 is 0.967 bits per heavy atom. The highest BCUT2D eigenvalue weighted by molar-refractivity contribution is 7.80. The zero-order valence-corrected chi connectivity index (χ0v) is 17.7. The van der Waals surface area contributed by atoms with Gasteiger partial charge in [-0.1, -0.05) is 20.3 Å². The SMILES string of the molecule is CCC(C)C(NC(=O)C(CCC(=O)O)NC(=O)C(CO)NC(=O)C(N)CS)C(=O)O. The van der Waals surface area contributed by atoms with E-state index in [1.807, 2.05) is 0 Å². The Labute approximate surface area is 179 Å². The zero-order chi connectivity index (χ0) is 23.4. The Bertz CT molecular complexity index is 633. The van der Waals surface area contributed by atoms with Crippen LogP contribution in [0.5, 0.6) is 0 Å². The molecule has 5 atom stereocenters. The van der Waals surface area contributed by atoms with Gasteiger partial charge in [0.2, 0.25) is 17.7 Å². The second-order valence-electron chi connectivity index (χ2n) is 6.74. The standard InChI is InChI=1S/C17H30N4O8S/c1-3-8(2)13(17(28)29)21-15(26)10(4-5-12(23)24)19-16(27)11(6-22)20-14(25)9(18)7-30/h8-11,13,22,30H,3-7,18H2,1-2H3,(H,19,27)(H,20,25)(H,21,26)(H,23,24)(H,28,29). The molecular formula is C17H30N4O8S. The van der Waals surface area contributed by atoms with Crippen LogP contribution in [-0.2, 0) is 24.0 Å². The molecule has 8 N–H and O–H groups in total. The number of carboxylic acid groups (broad SMARTS) is 2. The van der Waals surface area contributed by atoms with E-state index in [1.54, 1.807) is 13.8 Å². The molecule has 0 aliphatic rings. The third-order valence-corrected chi connectivity index (χ3v) is 4.80. The molecule has 30 heavy (non-hydrogen) atoms. The van der Waals surface area contributed by atoms with Crippen molar-refractivity contribution in [2.45, 2.75) is 57.3 Å². The Hall–Kier alpha value is -2.38. The van der Waals surface area contributed by atoms with Crippen molar-refractivity contribution in [1.29, 1.82) is 0 Å². The molecule has 12 nitrogen and oxygen atoms in total. The lowest BCUT2D eigenvalue weighted by Crippen LogP contribution is -2.58. The maximum absolute atomic E-state index is 12.6. The first-order valence-corrected chi connectivity index (χ1v) is 9.94. The van der Waals surface area contributed by atoms with Crippen LogP contribution < -0.4 is 21.7 Å². The molecule has 0 spiro atoms. The van der Waals surface area contributed by atoms with E-state index in [-0.39, 0.29) is 12.2 Å².